The van der Waals surface area contributed by atoms with Gasteiger partial charge in [-0.25, -0.2) is 0 Å². The van der Waals surface area contributed by atoms with Crippen molar-refractivity contribution in [2.24, 2.45) is 0 Å². The van der Waals surface area contributed by atoms with Gasteiger partial charge < -0.3 is 45.0 Å². The second kappa shape index (κ2) is 9.54. The molecule has 2 aromatic rings. The topological polar surface area (TPSA) is 177 Å². The third-order valence-corrected chi connectivity index (χ3v) is 8.35. The first-order valence-corrected chi connectivity index (χ1v) is 12.9. The summed E-state index contributed by atoms with van der Waals surface area (Å²) in [5.41, 5.74) is -3.18. The molecule has 7 unspecified atom stereocenters. The van der Waals surface area contributed by atoms with Crippen LogP contribution in [0.25, 0.3) is 0 Å². The zero-order valence-electron chi connectivity index (χ0n) is 22.1. The number of ketones is 2. The van der Waals surface area contributed by atoms with Gasteiger partial charge in [0, 0.05) is 30.0 Å². The molecule has 0 bridgehead atoms. The van der Waals surface area contributed by atoms with E-state index in [1.165, 1.54) is 6.07 Å². The number of aromatic hydroxyl groups is 3. The molecule has 0 spiro atoms. The first-order chi connectivity index (χ1) is 18.3. The quantitative estimate of drug-likeness (QED) is 0.264. The normalized spacial score (nSPS) is 32.1. The van der Waals surface area contributed by atoms with Crippen molar-refractivity contribution < 1.29 is 49.7 Å². The summed E-state index contributed by atoms with van der Waals surface area (Å²) in [5.74, 6) is -3.42. The number of carbonyl (C=O) groups excluding carboxylic acids is 2. The summed E-state index contributed by atoms with van der Waals surface area (Å²) in [6.45, 7) is 3.38. The van der Waals surface area contributed by atoms with Crippen LogP contribution in [0.1, 0.15) is 88.3 Å². The van der Waals surface area contributed by atoms with Gasteiger partial charge in [0.25, 0.3) is 0 Å². The molecule has 1 aliphatic heterocycles. The van der Waals surface area contributed by atoms with Crippen molar-refractivity contribution in [2.75, 3.05) is 14.1 Å². The Kier molecular flexibility index (Phi) is 6.73. The van der Waals surface area contributed by atoms with Gasteiger partial charge in [-0.05, 0) is 51.2 Å². The minimum absolute atomic E-state index is 0.0649. The Balaban J connectivity index is 1.66. The lowest BCUT2D eigenvalue weighted by atomic mass is 9.71. The summed E-state index contributed by atoms with van der Waals surface area (Å²) in [6, 6.07) is 3.10. The zero-order chi connectivity index (χ0) is 28.5. The molecule has 1 heterocycles. The van der Waals surface area contributed by atoms with E-state index in [2.05, 4.69) is 0 Å². The maximum atomic E-state index is 13.5. The van der Waals surface area contributed by atoms with Gasteiger partial charge in [-0.2, -0.15) is 0 Å². The van der Waals surface area contributed by atoms with Crippen LogP contribution in [0.4, 0.5) is 0 Å². The molecule has 0 aromatic heterocycles. The maximum Gasteiger partial charge on any atom is 0.202 e. The number of ether oxygens (including phenoxy) is 2. The number of aliphatic hydroxyl groups excluding tert-OH is 2. The van der Waals surface area contributed by atoms with E-state index < -0.39 is 81.8 Å². The van der Waals surface area contributed by atoms with Gasteiger partial charge in [0.15, 0.2) is 12.1 Å². The van der Waals surface area contributed by atoms with Crippen LogP contribution in [0.2, 0.25) is 0 Å². The summed E-state index contributed by atoms with van der Waals surface area (Å²) in [7, 11) is 3.62. The first kappa shape index (κ1) is 27.5. The minimum Gasteiger partial charge on any atom is -0.507 e. The summed E-state index contributed by atoms with van der Waals surface area (Å²) in [5, 5.41) is 65.4. The van der Waals surface area contributed by atoms with Crippen LogP contribution in [-0.4, -0.2) is 91.3 Å². The second-order valence-corrected chi connectivity index (χ2v) is 10.9. The molecule has 210 valence electrons. The van der Waals surface area contributed by atoms with Crippen molar-refractivity contribution in [3.63, 3.8) is 0 Å². The Labute approximate surface area is 224 Å². The SMILES string of the molecule is CCC1(O)CC(O)c2cc3c(c(O)c2C1OC1CC(N(C)C)C(O)C(C)O1)C(=O)c1c(O)ccc(O)c1C3=O. The lowest BCUT2D eigenvalue weighted by Gasteiger charge is -2.47. The molecule has 3 aliphatic rings. The number of hydrogen-bond donors (Lipinski definition) is 6. The highest BCUT2D eigenvalue weighted by Gasteiger charge is 2.51. The number of aliphatic hydroxyl groups is 3. The Bertz CT molecular complexity index is 1360. The highest BCUT2D eigenvalue weighted by molar-refractivity contribution is 6.31. The van der Waals surface area contributed by atoms with Crippen LogP contribution >= 0.6 is 0 Å². The number of nitrogens with zero attached hydrogens (tertiary/aromatic N) is 1. The van der Waals surface area contributed by atoms with E-state index in [4.69, 9.17) is 9.47 Å². The van der Waals surface area contributed by atoms with E-state index in [0.29, 0.717) is 0 Å². The fourth-order valence-electron chi connectivity index (χ4n) is 6.09. The Morgan fingerprint density at radius 1 is 1.05 bits per heavy atom. The summed E-state index contributed by atoms with van der Waals surface area (Å²) >= 11 is 0. The number of phenols is 3. The van der Waals surface area contributed by atoms with Crippen LogP contribution in [0, 0.1) is 0 Å². The molecule has 11 heteroatoms. The molecule has 11 nitrogen and oxygen atoms in total. The highest BCUT2D eigenvalue weighted by atomic mass is 16.7. The average Bonchev–Trinajstić information content (AvgIpc) is 2.87. The largest absolute Gasteiger partial charge is 0.507 e. The molecular weight excluding hydrogens is 510 g/mol. The maximum absolute atomic E-state index is 13.5. The van der Waals surface area contributed by atoms with E-state index in [-0.39, 0.29) is 42.0 Å². The number of benzene rings is 2. The fourth-order valence-corrected chi connectivity index (χ4v) is 6.09. The van der Waals surface area contributed by atoms with Crippen molar-refractivity contribution in [1.29, 1.82) is 0 Å². The zero-order valence-corrected chi connectivity index (χ0v) is 22.1. The van der Waals surface area contributed by atoms with Gasteiger partial charge in [-0.1, -0.05) is 6.92 Å². The van der Waals surface area contributed by atoms with Crippen molar-refractivity contribution in [2.45, 2.75) is 75.5 Å². The van der Waals surface area contributed by atoms with E-state index in [9.17, 15) is 40.2 Å². The van der Waals surface area contributed by atoms with Crippen LogP contribution in [0.3, 0.4) is 0 Å². The Hall–Kier alpha value is -3.06. The molecular formula is C28H33NO10. The van der Waals surface area contributed by atoms with Crippen molar-refractivity contribution in [1.82, 2.24) is 4.90 Å². The number of phenolic OH excluding ortho intramolecular Hbond substituents is 3. The van der Waals surface area contributed by atoms with Crippen molar-refractivity contribution >= 4 is 11.6 Å². The molecule has 5 rings (SSSR count). The van der Waals surface area contributed by atoms with Gasteiger partial charge in [-0.15, -0.1) is 0 Å². The molecule has 1 fully saturated rings. The van der Waals surface area contributed by atoms with E-state index in [0.717, 1.165) is 12.1 Å². The van der Waals surface area contributed by atoms with Gasteiger partial charge >= 0.3 is 0 Å². The number of carbonyl (C=O) groups is 2. The fraction of sp³-hybridized carbons (Fsp3) is 0.500. The van der Waals surface area contributed by atoms with Crippen LogP contribution < -0.4 is 0 Å². The third kappa shape index (κ3) is 4.12. The first-order valence-electron chi connectivity index (χ1n) is 12.9. The van der Waals surface area contributed by atoms with Crippen LogP contribution in [-0.2, 0) is 9.47 Å². The van der Waals surface area contributed by atoms with Crippen molar-refractivity contribution in [3.05, 3.63) is 51.6 Å². The predicted octanol–water partition coefficient (Wildman–Crippen LogP) is 1.64. The second-order valence-electron chi connectivity index (χ2n) is 10.9. The number of hydrogen-bond acceptors (Lipinski definition) is 11. The number of rotatable bonds is 4. The molecule has 7 atom stereocenters. The minimum atomic E-state index is -1.69. The lowest BCUT2D eigenvalue weighted by molar-refractivity contribution is -0.279. The van der Waals surface area contributed by atoms with E-state index >= 15 is 0 Å². The molecule has 0 amide bonds. The lowest BCUT2D eigenvalue weighted by Crippen LogP contribution is -2.54. The van der Waals surface area contributed by atoms with Gasteiger partial charge in [0.2, 0.25) is 5.78 Å². The van der Waals surface area contributed by atoms with E-state index in [1.807, 2.05) is 19.0 Å². The van der Waals surface area contributed by atoms with E-state index in [1.54, 1.807) is 13.8 Å². The van der Waals surface area contributed by atoms with Gasteiger partial charge in [-0.3, -0.25) is 9.59 Å². The summed E-state index contributed by atoms with van der Waals surface area (Å²) in [6.07, 6.45) is -4.76. The summed E-state index contributed by atoms with van der Waals surface area (Å²) < 4.78 is 12.2. The Morgan fingerprint density at radius 2 is 1.67 bits per heavy atom. The van der Waals surface area contributed by atoms with Crippen molar-refractivity contribution in [3.8, 4) is 17.2 Å². The summed E-state index contributed by atoms with van der Waals surface area (Å²) in [4.78, 5) is 28.7. The monoisotopic (exact) mass is 543 g/mol. The molecule has 0 radical (unpaired) electrons. The molecule has 2 aliphatic carbocycles. The predicted molar refractivity (Wildman–Crippen MR) is 136 cm³/mol. The smallest absolute Gasteiger partial charge is 0.202 e. The highest BCUT2D eigenvalue weighted by Crippen LogP contribution is 2.53. The molecule has 1 saturated heterocycles. The van der Waals surface area contributed by atoms with Gasteiger partial charge in [0.05, 0.1) is 40.6 Å². The molecule has 39 heavy (non-hydrogen) atoms. The Morgan fingerprint density at radius 3 is 2.26 bits per heavy atom. The standard InChI is InChI=1S/C28H33NO10/c1-5-28(37)10-17(32)12-8-13-19(26(36)22-16(31)7-6-15(30)21(22)24(13)34)25(35)20(12)27(28)39-18-9-14(29(3)4)23(33)11(2)38-18/h6-8,11,14,17-18,23,27,30-33,35,37H,5,9-10H2,1-4H3. The van der Waals surface area contributed by atoms with Gasteiger partial charge in [0.1, 0.15) is 23.4 Å². The van der Waals surface area contributed by atoms with Crippen LogP contribution in [0.15, 0.2) is 18.2 Å². The number of likely N-dealkylation sites (N-methyl/N-ethyl adjacent to an activating group) is 1. The molecule has 6 N–H and O–H groups in total. The average molecular weight is 544 g/mol. The van der Waals surface area contributed by atoms with Crippen LogP contribution in [0.5, 0.6) is 17.2 Å². The molecule has 2 aromatic carbocycles. The number of fused-ring (bicyclic) bond motifs is 3. The third-order valence-electron chi connectivity index (χ3n) is 8.35. The molecule has 0 saturated carbocycles.